The maximum atomic E-state index is 11.2. The lowest BCUT2D eigenvalue weighted by Gasteiger charge is -2.26. The lowest BCUT2D eigenvalue weighted by molar-refractivity contribution is -0.137. The van der Waals surface area contributed by atoms with Gasteiger partial charge in [0.2, 0.25) is 0 Å². The fourth-order valence-corrected chi connectivity index (χ4v) is 4.83. The van der Waals surface area contributed by atoms with Gasteiger partial charge < -0.3 is 19.7 Å². The Morgan fingerprint density at radius 1 is 0.919 bits per heavy atom. The molecule has 2 aromatic carbocycles. The van der Waals surface area contributed by atoms with Gasteiger partial charge in [0.25, 0.3) is 0 Å². The second kappa shape index (κ2) is 16.0. The Kier molecular flexibility index (Phi) is 12.4. The van der Waals surface area contributed by atoms with Crippen LogP contribution < -0.4 is 4.74 Å². The number of benzene rings is 2. The van der Waals surface area contributed by atoms with Crippen molar-refractivity contribution in [2.45, 2.75) is 57.8 Å². The highest BCUT2D eigenvalue weighted by molar-refractivity contribution is 5.87. The molecule has 0 radical (unpaired) electrons. The van der Waals surface area contributed by atoms with Crippen molar-refractivity contribution in [2.75, 3.05) is 39.5 Å². The van der Waals surface area contributed by atoms with Crippen molar-refractivity contribution in [2.24, 2.45) is 5.92 Å². The first kappa shape index (κ1) is 28.7. The van der Waals surface area contributed by atoms with E-state index in [2.05, 4.69) is 11.0 Å². The van der Waals surface area contributed by atoms with Crippen molar-refractivity contribution in [3.05, 3.63) is 65.2 Å². The van der Waals surface area contributed by atoms with Crippen LogP contribution >= 0.6 is 0 Å². The van der Waals surface area contributed by atoms with Crippen molar-refractivity contribution >= 4 is 11.9 Å². The maximum Gasteiger partial charge on any atom is 0.335 e. The van der Waals surface area contributed by atoms with E-state index in [9.17, 15) is 9.59 Å². The van der Waals surface area contributed by atoms with Gasteiger partial charge in [-0.1, -0.05) is 43.2 Å². The van der Waals surface area contributed by atoms with E-state index < -0.39 is 11.9 Å². The molecule has 1 unspecified atom stereocenters. The Labute approximate surface area is 220 Å². The van der Waals surface area contributed by atoms with E-state index >= 15 is 0 Å². The summed E-state index contributed by atoms with van der Waals surface area (Å²) in [4.78, 5) is 24.5. The fourth-order valence-electron chi connectivity index (χ4n) is 4.83. The third-order valence-electron chi connectivity index (χ3n) is 7.00. The highest BCUT2D eigenvalue weighted by Gasteiger charge is 2.14. The van der Waals surface area contributed by atoms with Gasteiger partial charge in [0.1, 0.15) is 5.75 Å². The van der Waals surface area contributed by atoms with Crippen LogP contribution in [0.1, 0.15) is 66.4 Å². The van der Waals surface area contributed by atoms with Crippen molar-refractivity contribution in [3.63, 3.8) is 0 Å². The predicted octanol–water partition coefficient (Wildman–Crippen LogP) is 5.31. The monoisotopic (exact) mass is 511 g/mol. The van der Waals surface area contributed by atoms with E-state index in [0.717, 1.165) is 89.1 Å². The Morgan fingerprint density at radius 2 is 1.68 bits per heavy atom. The molecule has 0 amide bonds. The van der Waals surface area contributed by atoms with Gasteiger partial charge in [0.05, 0.1) is 25.4 Å². The summed E-state index contributed by atoms with van der Waals surface area (Å²) in [7, 11) is 0. The molecule has 1 atom stereocenters. The molecule has 0 saturated carbocycles. The molecule has 3 rings (SSSR count). The molecule has 202 valence electrons. The van der Waals surface area contributed by atoms with Crippen molar-refractivity contribution in [1.82, 2.24) is 4.90 Å². The van der Waals surface area contributed by atoms with Crippen LogP contribution in [0.3, 0.4) is 0 Å². The van der Waals surface area contributed by atoms with Crippen molar-refractivity contribution < 1.29 is 29.3 Å². The Morgan fingerprint density at radius 3 is 2.41 bits per heavy atom. The second-order valence-electron chi connectivity index (χ2n) is 9.87. The smallest absolute Gasteiger partial charge is 0.335 e. The second-order valence-corrected chi connectivity index (χ2v) is 9.87. The number of hydrogen-bond donors (Lipinski definition) is 2. The average Bonchev–Trinajstić information content (AvgIpc) is 2.90. The lowest BCUT2D eigenvalue weighted by atomic mass is 9.88. The molecule has 37 heavy (non-hydrogen) atoms. The molecule has 0 spiro atoms. The van der Waals surface area contributed by atoms with Crippen molar-refractivity contribution in [1.29, 1.82) is 0 Å². The molecule has 0 bridgehead atoms. The highest BCUT2D eigenvalue weighted by Crippen LogP contribution is 2.26. The molecular weight excluding hydrogens is 470 g/mol. The predicted molar refractivity (Wildman–Crippen MR) is 143 cm³/mol. The molecule has 7 heteroatoms. The zero-order valence-corrected chi connectivity index (χ0v) is 21.8. The number of carboxylic acid groups (broad SMARTS) is 2. The summed E-state index contributed by atoms with van der Waals surface area (Å²) in [6.07, 6.45) is 7.51. The minimum Gasteiger partial charge on any atom is -0.493 e. The first-order chi connectivity index (χ1) is 18.0. The van der Waals surface area contributed by atoms with Crippen LogP contribution in [0.4, 0.5) is 0 Å². The van der Waals surface area contributed by atoms with E-state index in [1.165, 1.54) is 5.56 Å². The van der Waals surface area contributed by atoms with E-state index in [1.54, 1.807) is 12.1 Å². The number of hydrogen-bond acceptors (Lipinski definition) is 5. The number of aliphatic carboxylic acids is 1. The number of aryl methyl sites for hydroxylation is 1. The number of aromatic carboxylic acids is 1. The van der Waals surface area contributed by atoms with Gasteiger partial charge in [-0.2, -0.15) is 0 Å². The Hall–Kier alpha value is -2.90. The summed E-state index contributed by atoms with van der Waals surface area (Å²) in [6, 6.07) is 15.3. The molecular formula is C30H41NO6. The quantitative estimate of drug-likeness (QED) is 0.278. The van der Waals surface area contributed by atoms with Gasteiger partial charge in [-0.25, -0.2) is 4.79 Å². The topological polar surface area (TPSA) is 96.3 Å². The summed E-state index contributed by atoms with van der Waals surface area (Å²) in [5.74, 6) is -0.346. The Balaban J connectivity index is 1.50. The van der Waals surface area contributed by atoms with Gasteiger partial charge in [-0.15, -0.1) is 0 Å². The normalized spacial score (nSPS) is 14.8. The summed E-state index contributed by atoms with van der Waals surface area (Å²) in [5.41, 5.74) is 2.60. The molecule has 1 fully saturated rings. The number of carbonyl (C=O) groups is 2. The molecule has 2 N–H and O–H groups in total. The minimum absolute atomic E-state index is 0.197. The van der Waals surface area contributed by atoms with Crippen LogP contribution in [0, 0.1) is 5.92 Å². The number of morpholine rings is 1. The largest absolute Gasteiger partial charge is 0.493 e. The van der Waals surface area contributed by atoms with Crippen LogP contribution in [0.25, 0.3) is 0 Å². The fraction of sp³-hybridized carbons (Fsp3) is 0.533. The summed E-state index contributed by atoms with van der Waals surface area (Å²) in [5, 5.41) is 18.1. The van der Waals surface area contributed by atoms with E-state index in [1.807, 2.05) is 30.3 Å². The molecule has 1 heterocycles. The van der Waals surface area contributed by atoms with Gasteiger partial charge in [0, 0.05) is 19.5 Å². The molecule has 1 aliphatic heterocycles. The zero-order chi connectivity index (χ0) is 26.3. The van der Waals surface area contributed by atoms with Crippen LogP contribution in [0.5, 0.6) is 5.75 Å². The Bertz CT molecular complexity index is 955. The minimum atomic E-state index is -0.922. The molecule has 1 saturated heterocycles. The number of carboxylic acids is 2. The molecule has 1 aliphatic rings. The van der Waals surface area contributed by atoms with E-state index in [4.69, 9.17) is 19.7 Å². The van der Waals surface area contributed by atoms with Crippen LogP contribution in [-0.4, -0.2) is 66.5 Å². The van der Waals surface area contributed by atoms with Gasteiger partial charge in [-0.05, 0) is 80.3 Å². The third-order valence-corrected chi connectivity index (χ3v) is 7.00. The molecule has 0 aromatic heterocycles. The maximum absolute atomic E-state index is 11.2. The first-order valence-electron chi connectivity index (χ1n) is 13.6. The highest BCUT2D eigenvalue weighted by atomic mass is 16.5. The first-order valence-corrected chi connectivity index (χ1v) is 13.6. The number of para-hydroxylation sites is 1. The van der Waals surface area contributed by atoms with Gasteiger partial charge >= 0.3 is 11.9 Å². The SMILES string of the molecule is O=C(O)CCCCC(CCc1ccccc1OCCCCN1CCOCC1)Cc1ccc(C(=O)O)cc1. The number of rotatable bonds is 17. The third kappa shape index (κ3) is 10.9. The number of ether oxygens (including phenoxy) is 2. The van der Waals surface area contributed by atoms with Crippen molar-refractivity contribution in [3.8, 4) is 5.75 Å². The van der Waals surface area contributed by atoms with E-state index in [-0.39, 0.29) is 12.0 Å². The number of nitrogens with zero attached hydrogens (tertiary/aromatic N) is 1. The average molecular weight is 512 g/mol. The molecule has 7 nitrogen and oxygen atoms in total. The molecule has 0 aliphatic carbocycles. The molecule has 2 aromatic rings. The van der Waals surface area contributed by atoms with E-state index in [0.29, 0.717) is 18.9 Å². The lowest BCUT2D eigenvalue weighted by Crippen LogP contribution is -2.36. The summed E-state index contributed by atoms with van der Waals surface area (Å²) < 4.78 is 11.6. The summed E-state index contributed by atoms with van der Waals surface area (Å²) in [6.45, 7) is 5.49. The van der Waals surface area contributed by atoms with Gasteiger partial charge in [-0.3, -0.25) is 9.69 Å². The standard InChI is InChI=1S/C30H41NO6/c32-29(33)10-4-1-7-24(23-25-12-15-27(16-13-25)30(34)35)11-14-26-8-2-3-9-28(26)37-20-6-5-17-31-18-21-36-22-19-31/h2-3,8-9,12-13,15-16,24H,1,4-7,10-11,14,17-23H2,(H,32,33)(H,34,35). The van der Waals surface area contributed by atoms with Crippen LogP contribution in [-0.2, 0) is 22.4 Å². The zero-order valence-electron chi connectivity index (χ0n) is 21.8. The number of unbranched alkanes of at least 4 members (excludes halogenated alkanes) is 2. The van der Waals surface area contributed by atoms with Crippen LogP contribution in [0.15, 0.2) is 48.5 Å². The summed E-state index contributed by atoms with van der Waals surface area (Å²) >= 11 is 0. The van der Waals surface area contributed by atoms with Gasteiger partial charge in [0.15, 0.2) is 0 Å². The van der Waals surface area contributed by atoms with Crippen LogP contribution in [0.2, 0.25) is 0 Å².